The predicted octanol–water partition coefficient (Wildman–Crippen LogP) is 1.80. The number of rotatable bonds is 1. The van der Waals surface area contributed by atoms with Crippen LogP contribution in [0.1, 0.15) is 13.3 Å². The van der Waals surface area contributed by atoms with E-state index in [2.05, 4.69) is 0 Å². The highest BCUT2D eigenvalue weighted by Gasteiger charge is 1.59. The molecule has 0 bridgehead atoms. The van der Waals surface area contributed by atoms with Crippen LogP contribution in [0.3, 0.4) is 0 Å². The minimum atomic E-state index is 0. The van der Waals surface area contributed by atoms with Crippen molar-refractivity contribution in [1.29, 1.82) is 0 Å². The fourth-order valence-corrected chi connectivity index (χ4v) is 0. The van der Waals surface area contributed by atoms with Crippen molar-refractivity contribution >= 4 is 11.6 Å². The second-order valence-electron chi connectivity index (χ2n) is 0.689. The van der Waals surface area contributed by atoms with Gasteiger partial charge in [-0.3, -0.25) is 0 Å². The third-order valence-corrected chi connectivity index (χ3v) is 0.567. The number of hydrogen-bond acceptors (Lipinski definition) is 1. The Morgan fingerprint density at radius 3 is 1.80 bits per heavy atom. The molecule has 0 rings (SSSR count). The molecule has 34 valence electrons. The van der Waals surface area contributed by atoms with Crippen LogP contribution in [0.25, 0.3) is 0 Å². The van der Waals surface area contributed by atoms with Crippen LogP contribution in [0, 0.1) is 0 Å². The molecule has 1 nitrogen and oxygen atoms in total. The maximum absolute atomic E-state index is 5.19. The minimum Gasteiger partial charge on any atom is -0.344 e. The zero-order valence-electron chi connectivity index (χ0n) is 3.50. The first kappa shape index (κ1) is 8.98. The van der Waals surface area contributed by atoms with Crippen molar-refractivity contribution in [3.8, 4) is 0 Å². The van der Waals surface area contributed by atoms with Gasteiger partial charge in [-0.2, -0.15) is 0 Å². The summed E-state index contributed by atoms with van der Waals surface area (Å²) in [7, 11) is 0. The third kappa shape index (κ3) is 13.8. The molecule has 0 saturated carbocycles. The van der Waals surface area contributed by atoms with E-state index < -0.39 is 0 Å². The summed E-state index contributed by atoms with van der Waals surface area (Å²) < 4.78 is 0. The highest BCUT2D eigenvalue weighted by atomic mass is 35.5. The Kier molecular flexibility index (Phi) is 15.9. The van der Waals surface area contributed by atoms with Crippen LogP contribution in [0.2, 0.25) is 0 Å². The van der Waals surface area contributed by atoms with Crippen molar-refractivity contribution in [1.82, 2.24) is 6.15 Å². The zero-order chi connectivity index (χ0) is 3.41. The quantitative estimate of drug-likeness (QED) is 0.495. The Bertz CT molecular complexity index is 8.85. The Balaban J connectivity index is 0. The summed E-state index contributed by atoms with van der Waals surface area (Å²) in [6, 6.07) is 0. The van der Waals surface area contributed by atoms with Crippen molar-refractivity contribution in [3.05, 3.63) is 0 Å². The van der Waals surface area contributed by atoms with Crippen LogP contribution < -0.4 is 6.15 Å². The average molecular weight is 95.6 g/mol. The Morgan fingerprint density at radius 1 is 1.60 bits per heavy atom. The van der Waals surface area contributed by atoms with Gasteiger partial charge in [0.1, 0.15) is 0 Å². The first-order chi connectivity index (χ1) is 1.91. The highest BCUT2D eigenvalue weighted by Crippen LogP contribution is 1.75. The molecule has 0 aromatic carbocycles. The van der Waals surface area contributed by atoms with Crippen LogP contribution in [-0.2, 0) is 0 Å². The molecule has 5 heavy (non-hydrogen) atoms. The maximum atomic E-state index is 5.19. The van der Waals surface area contributed by atoms with Gasteiger partial charge in [-0.15, -0.1) is 11.6 Å². The maximum Gasteiger partial charge on any atom is 0.0220 e. The molecule has 0 aromatic heterocycles. The smallest absolute Gasteiger partial charge is 0.0220 e. The molecule has 0 spiro atoms. The topological polar surface area (TPSA) is 35.0 Å². The van der Waals surface area contributed by atoms with Crippen molar-refractivity contribution in [2.45, 2.75) is 13.3 Å². The van der Waals surface area contributed by atoms with E-state index in [9.17, 15) is 0 Å². The van der Waals surface area contributed by atoms with Gasteiger partial charge in [-0.25, -0.2) is 0 Å². The van der Waals surface area contributed by atoms with E-state index in [1.54, 1.807) is 0 Å². The van der Waals surface area contributed by atoms with Gasteiger partial charge < -0.3 is 6.15 Å². The molecule has 0 atom stereocenters. The molecular weight excluding hydrogens is 85.5 g/mol. The van der Waals surface area contributed by atoms with Crippen molar-refractivity contribution < 1.29 is 0 Å². The summed E-state index contributed by atoms with van der Waals surface area (Å²) in [4.78, 5) is 0. The van der Waals surface area contributed by atoms with Gasteiger partial charge in [-0.05, 0) is 6.42 Å². The lowest BCUT2D eigenvalue weighted by Crippen LogP contribution is -1.55. The van der Waals surface area contributed by atoms with Crippen LogP contribution in [0.15, 0.2) is 0 Å². The summed E-state index contributed by atoms with van der Waals surface area (Å²) in [5.41, 5.74) is 0. The second kappa shape index (κ2) is 8.87. The van der Waals surface area contributed by atoms with Gasteiger partial charge in [0.15, 0.2) is 0 Å². The third-order valence-electron chi connectivity index (χ3n) is 0.189. The highest BCUT2D eigenvalue weighted by molar-refractivity contribution is 6.17. The van der Waals surface area contributed by atoms with Gasteiger partial charge in [-0.1, -0.05) is 6.92 Å². The number of halogens is 1. The summed E-state index contributed by atoms with van der Waals surface area (Å²) >= 11 is 5.19. The van der Waals surface area contributed by atoms with Crippen molar-refractivity contribution in [2.75, 3.05) is 5.88 Å². The lowest BCUT2D eigenvalue weighted by Gasteiger charge is -1.65. The average Bonchev–Trinajstić information content (AvgIpc) is 1.37. The van der Waals surface area contributed by atoms with Crippen LogP contribution in [-0.4, -0.2) is 5.88 Å². The first-order valence-electron chi connectivity index (χ1n) is 1.47. The lowest BCUT2D eigenvalue weighted by atomic mass is 10.6. The fourth-order valence-electron chi connectivity index (χ4n) is 0. The monoisotopic (exact) mass is 95.1 g/mol. The molecule has 0 unspecified atom stereocenters. The molecule has 0 aliphatic rings. The van der Waals surface area contributed by atoms with Gasteiger partial charge >= 0.3 is 0 Å². The zero-order valence-corrected chi connectivity index (χ0v) is 4.26. The lowest BCUT2D eigenvalue weighted by molar-refractivity contribution is 1.10. The van der Waals surface area contributed by atoms with E-state index in [0.29, 0.717) is 0 Å². The van der Waals surface area contributed by atoms with E-state index in [-0.39, 0.29) is 6.15 Å². The Hall–Kier alpha value is 0.250. The second-order valence-corrected chi connectivity index (χ2v) is 1.07. The van der Waals surface area contributed by atoms with Gasteiger partial charge in [0.25, 0.3) is 0 Å². The van der Waals surface area contributed by atoms with E-state index in [1.165, 1.54) is 0 Å². The van der Waals surface area contributed by atoms with E-state index in [0.717, 1.165) is 12.3 Å². The van der Waals surface area contributed by atoms with Crippen molar-refractivity contribution in [3.63, 3.8) is 0 Å². The van der Waals surface area contributed by atoms with Crippen LogP contribution >= 0.6 is 11.6 Å². The molecule has 0 heterocycles. The first-order valence-corrected chi connectivity index (χ1v) is 2.01. The molecule has 0 aliphatic heterocycles. The van der Waals surface area contributed by atoms with Crippen molar-refractivity contribution in [2.24, 2.45) is 0 Å². The molecule has 0 aliphatic carbocycles. The number of alkyl halides is 1. The normalized spacial score (nSPS) is 6.00. The van der Waals surface area contributed by atoms with Gasteiger partial charge in [0, 0.05) is 5.88 Å². The SMILES string of the molecule is CCCCl.N. The minimum absolute atomic E-state index is 0. The summed E-state index contributed by atoms with van der Waals surface area (Å²) in [6.45, 7) is 2.05. The van der Waals surface area contributed by atoms with Gasteiger partial charge in [0.05, 0.1) is 0 Å². The summed E-state index contributed by atoms with van der Waals surface area (Å²) in [5.74, 6) is 0.792. The van der Waals surface area contributed by atoms with E-state index >= 15 is 0 Å². The molecule has 0 amide bonds. The van der Waals surface area contributed by atoms with E-state index in [4.69, 9.17) is 11.6 Å². The van der Waals surface area contributed by atoms with Gasteiger partial charge in [0.2, 0.25) is 0 Å². The molecule has 0 aromatic rings. The molecule has 2 heteroatoms. The molecule has 0 radical (unpaired) electrons. The Morgan fingerprint density at radius 2 is 1.80 bits per heavy atom. The summed E-state index contributed by atoms with van der Waals surface area (Å²) in [6.07, 6.45) is 1.08. The summed E-state index contributed by atoms with van der Waals surface area (Å²) in [5, 5.41) is 0. The molecular formula is C3H10ClN. The standard InChI is InChI=1S/C3H7Cl.H3N/c1-2-3-4;/h2-3H2,1H3;1H3. The number of hydrogen-bond donors (Lipinski definition) is 1. The van der Waals surface area contributed by atoms with E-state index in [1.807, 2.05) is 6.92 Å². The molecule has 3 N–H and O–H groups in total. The predicted molar refractivity (Wildman–Crippen MR) is 26.0 cm³/mol. The van der Waals surface area contributed by atoms with Crippen LogP contribution in [0.5, 0.6) is 0 Å². The fraction of sp³-hybridized carbons (Fsp3) is 1.00. The van der Waals surface area contributed by atoms with Crippen LogP contribution in [0.4, 0.5) is 0 Å². The Labute approximate surface area is 37.9 Å². The molecule has 0 saturated heterocycles. The molecule has 0 fully saturated rings. The largest absolute Gasteiger partial charge is 0.344 e.